The lowest BCUT2D eigenvalue weighted by Gasteiger charge is -2.33. The number of nitrogens with one attached hydrogen (secondary N) is 1. The molecule has 6 heteroatoms. The first-order valence-electron chi connectivity index (χ1n) is 6.12. The fourth-order valence-corrected chi connectivity index (χ4v) is 3.83. The molecule has 1 aromatic heterocycles. The fourth-order valence-electron chi connectivity index (χ4n) is 2.32. The molecule has 1 aromatic rings. The number of carbonyl (C=O) groups is 1. The quantitative estimate of drug-likeness (QED) is 0.860. The average Bonchev–Trinajstić information content (AvgIpc) is 2.75. The summed E-state index contributed by atoms with van der Waals surface area (Å²) in [5.41, 5.74) is 5.36. The van der Waals surface area contributed by atoms with Crippen molar-refractivity contribution in [2.75, 3.05) is 19.6 Å². The van der Waals surface area contributed by atoms with Crippen molar-refractivity contribution in [1.82, 2.24) is 10.2 Å². The molecule has 0 aromatic carbocycles. The molecular formula is C12H18BrN3OS. The molecule has 4 nitrogen and oxygen atoms in total. The van der Waals surface area contributed by atoms with Gasteiger partial charge in [0.2, 0.25) is 5.91 Å². The first-order chi connectivity index (χ1) is 8.65. The van der Waals surface area contributed by atoms with E-state index in [1.807, 2.05) is 6.07 Å². The number of hydrogen-bond acceptors (Lipinski definition) is 4. The highest BCUT2D eigenvalue weighted by molar-refractivity contribution is 9.11. The maximum Gasteiger partial charge on any atom is 0.231 e. The van der Waals surface area contributed by atoms with E-state index >= 15 is 0 Å². The summed E-state index contributed by atoms with van der Waals surface area (Å²) in [6, 6.07) is 4.61. The predicted molar refractivity (Wildman–Crippen MR) is 77.5 cm³/mol. The molecule has 1 fully saturated rings. The lowest BCUT2D eigenvalue weighted by molar-refractivity contribution is -0.120. The third-order valence-electron chi connectivity index (χ3n) is 3.17. The Morgan fingerprint density at radius 2 is 2.22 bits per heavy atom. The smallest absolute Gasteiger partial charge is 0.231 e. The number of primary amides is 1. The highest BCUT2D eigenvalue weighted by Gasteiger charge is 2.22. The molecule has 0 spiro atoms. The van der Waals surface area contributed by atoms with Crippen molar-refractivity contribution in [2.24, 2.45) is 5.73 Å². The first kappa shape index (κ1) is 14.0. The van der Waals surface area contributed by atoms with Crippen molar-refractivity contribution in [3.05, 3.63) is 20.8 Å². The molecule has 100 valence electrons. The summed E-state index contributed by atoms with van der Waals surface area (Å²) in [5, 5.41) is 3.34. The van der Waals surface area contributed by atoms with Crippen LogP contribution in [0.25, 0.3) is 0 Å². The van der Waals surface area contributed by atoms with Crippen LogP contribution in [-0.2, 0) is 11.3 Å². The van der Waals surface area contributed by atoms with E-state index in [1.165, 1.54) is 4.88 Å². The first-order valence-corrected chi connectivity index (χ1v) is 7.73. The van der Waals surface area contributed by atoms with Crippen LogP contribution in [0.3, 0.4) is 0 Å². The van der Waals surface area contributed by atoms with Gasteiger partial charge in [0, 0.05) is 17.5 Å². The summed E-state index contributed by atoms with van der Waals surface area (Å²) < 4.78 is 1.13. The van der Waals surface area contributed by atoms with Gasteiger partial charge in [-0.1, -0.05) is 0 Å². The molecule has 0 saturated carbocycles. The molecule has 0 atom stereocenters. The number of nitrogens with zero attached hydrogens (tertiary/aromatic N) is 1. The molecule has 0 aliphatic carbocycles. The summed E-state index contributed by atoms with van der Waals surface area (Å²) in [7, 11) is 0. The molecular weight excluding hydrogens is 314 g/mol. The number of amides is 1. The van der Waals surface area contributed by atoms with Gasteiger partial charge in [0.25, 0.3) is 0 Å². The van der Waals surface area contributed by atoms with Crippen LogP contribution in [0.4, 0.5) is 0 Å². The average molecular weight is 332 g/mol. The van der Waals surface area contributed by atoms with Gasteiger partial charge in [0.05, 0.1) is 10.3 Å². The SMILES string of the molecule is NC(=O)CN(Cc1ccc(Br)s1)C1CCNCC1. The van der Waals surface area contributed by atoms with Gasteiger partial charge in [-0.05, 0) is 54.0 Å². The minimum absolute atomic E-state index is 0.246. The second-order valence-corrected chi connectivity index (χ2v) is 7.11. The topological polar surface area (TPSA) is 58.4 Å². The Morgan fingerprint density at radius 3 is 2.78 bits per heavy atom. The van der Waals surface area contributed by atoms with Crippen LogP contribution in [-0.4, -0.2) is 36.5 Å². The van der Waals surface area contributed by atoms with E-state index in [2.05, 4.69) is 32.2 Å². The summed E-state index contributed by atoms with van der Waals surface area (Å²) in [4.78, 5) is 14.7. The van der Waals surface area contributed by atoms with E-state index in [9.17, 15) is 4.79 Å². The summed E-state index contributed by atoms with van der Waals surface area (Å²) in [5.74, 6) is -0.246. The number of piperidine rings is 1. The number of thiophene rings is 1. The van der Waals surface area contributed by atoms with Crippen LogP contribution >= 0.6 is 27.3 Å². The second kappa shape index (κ2) is 6.65. The highest BCUT2D eigenvalue weighted by Crippen LogP contribution is 2.25. The number of carbonyl (C=O) groups excluding carboxylic acids is 1. The number of halogens is 1. The lowest BCUT2D eigenvalue weighted by atomic mass is 10.0. The van der Waals surface area contributed by atoms with Gasteiger partial charge in [-0.25, -0.2) is 0 Å². The van der Waals surface area contributed by atoms with Crippen LogP contribution in [0.5, 0.6) is 0 Å². The Morgan fingerprint density at radius 1 is 1.50 bits per heavy atom. The van der Waals surface area contributed by atoms with Gasteiger partial charge in [0.1, 0.15) is 0 Å². The van der Waals surface area contributed by atoms with E-state index in [0.29, 0.717) is 12.6 Å². The Labute approximate surface area is 120 Å². The minimum Gasteiger partial charge on any atom is -0.369 e. The van der Waals surface area contributed by atoms with Crippen LogP contribution in [0.2, 0.25) is 0 Å². The van der Waals surface area contributed by atoms with Crippen LogP contribution in [0.15, 0.2) is 15.9 Å². The molecule has 0 bridgehead atoms. The molecule has 3 N–H and O–H groups in total. The molecule has 2 rings (SSSR count). The Balaban J connectivity index is 2.01. The summed E-state index contributed by atoms with van der Waals surface area (Å²) in [6.45, 7) is 3.20. The van der Waals surface area contributed by atoms with Crippen molar-refractivity contribution in [3.8, 4) is 0 Å². The molecule has 1 amide bonds. The number of rotatable bonds is 5. The second-order valence-electron chi connectivity index (χ2n) is 4.56. The Bertz CT molecular complexity index is 404. The number of hydrogen-bond donors (Lipinski definition) is 2. The van der Waals surface area contributed by atoms with Gasteiger partial charge >= 0.3 is 0 Å². The number of nitrogens with two attached hydrogens (primary N) is 1. The van der Waals surface area contributed by atoms with Crippen molar-refractivity contribution in [2.45, 2.75) is 25.4 Å². The molecule has 0 radical (unpaired) electrons. The molecule has 2 heterocycles. The standard InChI is InChI=1S/C12H18BrN3OS/c13-11-2-1-10(18-11)7-16(8-12(14)17)9-3-5-15-6-4-9/h1-2,9,15H,3-8H2,(H2,14,17). The van der Waals surface area contributed by atoms with E-state index < -0.39 is 0 Å². The molecule has 1 saturated heterocycles. The zero-order chi connectivity index (χ0) is 13.0. The zero-order valence-electron chi connectivity index (χ0n) is 10.2. The normalized spacial score (nSPS) is 17.2. The van der Waals surface area contributed by atoms with Gasteiger partial charge in [-0.3, -0.25) is 9.69 Å². The Hall–Kier alpha value is -0.430. The van der Waals surface area contributed by atoms with Crippen molar-refractivity contribution in [1.29, 1.82) is 0 Å². The van der Waals surface area contributed by atoms with E-state index in [1.54, 1.807) is 11.3 Å². The van der Waals surface area contributed by atoms with Gasteiger partial charge < -0.3 is 11.1 Å². The van der Waals surface area contributed by atoms with Crippen LogP contribution in [0.1, 0.15) is 17.7 Å². The summed E-state index contributed by atoms with van der Waals surface area (Å²) >= 11 is 5.18. The van der Waals surface area contributed by atoms with Crippen molar-refractivity contribution >= 4 is 33.2 Å². The maximum absolute atomic E-state index is 11.2. The Kier molecular flexibility index (Phi) is 5.17. The fraction of sp³-hybridized carbons (Fsp3) is 0.583. The van der Waals surface area contributed by atoms with Crippen molar-refractivity contribution < 1.29 is 4.79 Å². The van der Waals surface area contributed by atoms with Gasteiger partial charge in [-0.15, -0.1) is 11.3 Å². The van der Waals surface area contributed by atoms with Crippen LogP contribution < -0.4 is 11.1 Å². The van der Waals surface area contributed by atoms with Crippen molar-refractivity contribution in [3.63, 3.8) is 0 Å². The largest absolute Gasteiger partial charge is 0.369 e. The highest BCUT2D eigenvalue weighted by atomic mass is 79.9. The zero-order valence-corrected chi connectivity index (χ0v) is 12.6. The third kappa shape index (κ3) is 4.05. The molecule has 1 aliphatic heterocycles. The lowest BCUT2D eigenvalue weighted by Crippen LogP contribution is -2.45. The summed E-state index contributed by atoms with van der Waals surface area (Å²) in [6.07, 6.45) is 2.17. The van der Waals surface area contributed by atoms with E-state index in [0.717, 1.165) is 36.3 Å². The monoisotopic (exact) mass is 331 g/mol. The molecule has 1 aliphatic rings. The van der Waals surface area contributed by atoms with E-state index in [4.69, 9.17) is 5.73 Å². The van der Waals surface area contributed by atoms with E-state index in [-0.39, 0.29) is 5.91 Å². The minimum atomic E-state index is -0.246. The van der Waals surface area contributed by atoms with Gasteiger partial charge in [-0.2, -0.15) is 0 Å². The maximum atomic E-state index is 11.2. The third-order valence-corrected chi connectivity index (χ3v) is 4.78. The predicted octanol–water partition coefficient (Wildman–Crippen LogP) is 1.55. The van der Waals surface area contributed by atoms with Gasteiger partial charge in [0.15, 0.2) is 0 Å². The molecule has 0 unspecified atom stereocenters. The van der Waals surface area contributed by atoms with Crippen LogP contribution in [0, 0.1) is 0 Å². The molecule has 18 heavy (non-hydrogen) atoms.